The molecule has 0 aromatic rings. The molecule has 25 nitrogen and oxygen atoms in total. The van der Waals surface area contributed by atoms with Gasteiger partial charge >= 0.3 is 11.9 Å². The fourth-order valence-electron chi connectivity index (χ4n) is 9.03. The van der Waals surface area contributed by atoms with Crippen LogP contribution in [0.25, 0.3) is 0 Å². The van der Waals surface area contributed by atoms with Gasteiger partial charge in [-0.25, -0.2) is 0 Å². The third kappa shape index (κ3) is 17.8. The highest BCUT2D eigenvalue weighted by Crippen LogP contribution is 2.35. The first kappa shape index (κ1) is 63.6. The predicted octanol–water partition coefficient (Wildman–Crippen LogP) is -2.77. The molecule has 4 fully saturated rings. The molecule has 0 bridgehead atoms. The molecule has 0 unspecified atom stereocenters. The average molecular weight is 1060 g/mol. The van der Waals surface area contributed by atoms with Crippen molar-refractivity contribution < 1.29 is 123 Å². The highest BCUT2D eigenvalue weighted by atomic mass is 16.8. The lowest BCUT2D eigenvalue weighted by Gasteiger charge is -2.48. The van der Waals surface area contributed by atoms with Gasteiger partial charge in [-0.1, -0.05) is 40.5 Å². The average Bonchev–Trinajstić information content (AvgIpc) is 3.70. The lowest BCUT2D eigenvalue weighted by Crippen LogP contribution is -2.65. The van der Waals surface area contributed by atoms with E-state index in [1.165, 1.54) is 13.8 Å². The van der Waals surface area contributed by atoms with Gasteiger partial charge in [0, 0.05) is 31.8 Å². The molecule has 4 saturated heterocycles. The molecule has 0 aliphatic carbocycles. The number of aliphatic hydroxyl groups is 12. The summed E-state index contributed by atoms with van der Waals surface area (Å²) >= 11 is 0. The van der Waals surface area contributed by atoms with Crippen LogP contribution >= 0.6 is 0 Å². The Labute approximate surface area is 426 Å². The van der Waals surface area contributed by atoms with Gasteiger partial charge < -0.3 is 113 Å². The summed E-state index contributed by atoms with van der Waals surface area (Å²) in [4.78, 5) is 26.1. The summed E-state index contributed by atoms with van der Waals surface area (Å²) in [5, 5.41) is 128. The van der Waals surface area contributed by atoms with E-state index in [-0.39, 0.29) is 57.3 Å². The molecule has 0 saturated carbocycles. The number of aliphatic hydroxyl groups excluding tert-OH is 12. The Bertz CT molecular complexity index is 1600. The third-order valence-corrected chi connectivity index (χ3v) is 14.2. The monoisotopic (exact) mass is 1060 g/mol. The van der Waals surface area contributed by atoms with Crippen molar-refractivity contribution in [3.05, 3.63) is 0 Å². The van der Waals surface area contributed by atoms with E-state index in [1.54, 1.807) is 13.8 Å². The van der Waals surface area contributed by atoms with Crippen molar-refractivity contribution in [2.24, 2.45) is 17.8 Å². The molecular formula is C48H86O25. The molecule has 4 aliphatic rings. The fraction of sp³-hybridized carbons (Fsp3) is 0.958. The van der Waals surface area contributed by atoms with Gasteiger partial charge in [0.05, 0.1) is 82.0 Å². The Hall–Kier alpha value is -1.90. The van der Waals surface area contributed by atoms with Gasteiger partial charge in [0.2, 0.25) is 0 Å². The molecule has 4 heterocycles. The van der Waals surface area contributed by atoms with E-state index in [1.807, 2.05) is 27.7 Å². The number of rotatable bonds is 29. The van der Waals surface area contributed by atoms with Crippen LogP contribution in [0.2, 0.25) is 0 Å². The van der Waals surface area contributed by atoms with Gasteiger partial charge in [0.25, 0.3) is 0 Å². The van der Waals surface area contributed by atoms with Crippen molar-refractivity contribution in [1.29, 1.82) is 0 Å². The molecule has 0 radical (unpaired) electrons. The first-order chi connectivity index (χ1) is 34.5. The Kier molecular flexibility index (Phi) is 26.4. The molecule has 0 amide bonds. The summed E-state index contributed by atoms with van der Waals surface area (Å²) in [7, 11) is 0. The number of carbonyl (C=O) groups excluding carboxylic acids is 2. The van der Waals surface area contributed by atoms with E-state index < -0.39 is 179 Å². The summed E-state index contributed by atoms with van der Waals surface area (Å²) in [6.07, 6.45) is -32.0. The van der Waals surface area contributed by atoms with Crippen LogP contribution in [0.4, 0.5) is 0 Å². The van der Waals surface area contributed by atoms with Crippen LogP contribution in [-0.2, 0) is 61.7 Å². The van der Waals surface area contributed by atoms with Gasteiger partial charge in [0.1, 0.15) is 73.2 Å². The van der Waals surface area contributed by atoms with Crippen molar-refractivity contribution in [3.8, 4) is 0 Å². The summed E-state index contributed by atoms with van der Waals surface area (Å²) in [5.41, 5.74) is 0. The largest absolute Gasteiger partial charge is 0.462 e. The second-order valence-electron chi connectivity index (χ2n) is 20.0. The maximum absolute atomic E-state index is 13.3. The lowest BCUT2D eigenvalue weighted by atomic mass is 9.95. The molecular weight excluding hydrogens is 977 g/mol. The number of hydrogen-bond acceptors (Lipinski definition) is 25. The molecule has 428 valence electrons. The highest BCUT2D eigenvalue weighted by molar-refractivity contribution is 5.71. The van der Waals surface area contributed by atoms with Gasteiger partial charge in [-0.05, 0) is 39.5 Å². The number of carbonyl (C=O) groups is 2. The summed E-state index contributed by atoms with van der Waals surface area (Å²) in [6.45, 7) is 12.0. The van der Waals surface area contributed by atoms with Gasteiger partial charge in [-0.2, -0.15) is 0 Å². The van der Waals surface area contributed by atoms with Gasteiger partial charge in [0.15, 0.2) is 25.2 Å². The van der Waals surface area contributed by atoms with Crippen LogP contribution in [0.5, 0.6) is 0 Å². The quantitative estimate of drug-likeness (QED) is 0.0266. The zero-order valence-electron chi connectivity index (χ0n) is 43.2. The molecule has 4 rings (SSSR count). The SMILES string of the molecule is CCO[C@@H](O[C@@H]1[C@@H](O[C@@H]2O[C@H](CO)[C@@H](O)[C@H](O)[C@H]2O)[C@@H](O)[C@H](O[C@H]2CO[C@H](C)[C@H](OC(=O)C[C@@H](O)C[C@H](OC(=O)C[C@@H](O)C[C@H](O)[C@@H](C)CC)[C@@H](C)CC)C2)O[C@H]1C)[C@H](O)[C@@H](O[C@@H]1OC[C@H](CO)[C@H]1O)[C@@H](C)O. The molecule has 0 spiro atoms. The molecule has 26 atom stereocenters. The summed E-state index contributed by atoms with van der Waals surface area (Å²) in [5.74, 6) is -2.51. The minimum Gasteiger partial charge on any atom is -0.462 e. The van der Waals surface area contributed by atoms with E-state index in [4.69, 9.17) is 52.1 Å². The summed E-state index contributed by atoms with van der Waals surface area (Å²) < 4.78 is 64.6. The Morgan fingerprint density at radius 1 is 0.658 bits per heavy atom. The van der Waals surface area contributed by atoms with E-state index >= 15 is 0 Å². The van der Waals surface area contributed by atoms with E-state index in [0.717, 1.165) is 0 Å². The Morgan fingerprint density at radius 2 is 1.30 bits per heavy atom. The molecule has 0 aromatic heterocycles. The van der Waals surface area contributed by atoms with Crippen LogP contribution in [0.3, 0.4) is 0 Å². The van der Waals surface area contributed by atoms with Gasteiger partial charge in [-0.3, -0.25) is 9.59 Å². The maximum atomic E-state index is 13.3. The van der Waals surface area contributed by atoms with Crippen LogP contribution in [0.1, 0.15) is 100 Å². The fourth-order valence-corrected chi connectivity index (χ4v) is 9.03. The second kappa shape index (κ2) is 30.3. The second-order valence-corrected chi connectivity index (χ2v) is 20.0. The van der Waals surface area contributed by atoms with Crippen molar-refractivity contribution in [2.75, 3.05) is 33.0 Å². The van der Waals surface area contributed by atoms with Crippen LogP contribution in [0.15, 0.2) is 0 Å². The topological polar surface area (TPSA) is 378 Å². The maximum Gasteiger partial charge on any atom is 0.308 e. The van der Waals surface area contributed by atoms with E-state index in [0.29, 0.717) is 12.8 Å². The van der Waals surface area contributed by atoms with Crippen molar-refractivity contribution in [2.45, 2.75) is 241 Å². The Morgan fingerprint density at radius 3 is 1.90 bits per heavy atom. The molecule has 73 heavy (non-hydrogen) atoms. The van der Waals surface area contributed by atoms with Crippen molar-refractivity contribution in [1.82, 2.24) is 0 Å². The van der Waals surface area contributed by atoms with Crippen LogP contribution in [0, 0.1) is 17.8 Å². The molecule has 0 aromatic carbocycles. The highest BCUT2D eigenvalue weighted by Gasteiger charge is 2.53. The zero-order chi connectivity index (χ0) is 54.4. The van der Waals surface area contributed by atoms with E-state index in [9.17, 15) is 70.9 Å². The minimum atomic E-state index is -1.94. The zero-order valence-corrected chi connectivity index (χ0v) is 43.2. The standard InChI is InChI=1S/C48H86O25/c1-9-21(4)30(54)12-27(52)14-34(55)68-31(22(5)10-2)13-28(53)15-35(56)69-32-16-29(20-64-24(32)7)67-48-41(62)44(73-47-39(60)38(59)37(58)33(18-50)70-47)43(25(8)66-48)72-46(63-11-3)40(61)42(23(6)51)71-45-36(57)26(17-49)19-65-45/h21-33,36-54,57-62H,9-20H2,1-8H3/t21-,22-,23+,24+,25-,26-,27-,28-,29+,30-,31-,32+,33+,36+,37+,38-,39+,40+,41+,42-,43-,44-,45-,46-,47-,48-/m0/s1. The number of hydrogen-bond donors (Lipinski definition) is 12. The number of ether oxygens (including phenoxy) is 11. The molecule has 4 aliphatic heterocycles. The predicted molar refractivity (Wildman–Crippen MR) is 248 cm³/mol. The normalized spacial score (nSPS) is 37.3. The Balaban J connectivity index is 1.46. The van der Waals surface area contributed by atoms with E-state index in [2.05, 4.69) is 0 Å². The summed E-state index contributed by atoms with van der Waals surface area (Å²) in [6, 6.07) is 0. The first-order valence-electron chi connectivity index (χ1n) is 25.7. The van der Waals surface area contributed by atoms with Crippen LogP contribution in [-0.4, -0.2) is 247 Å². The van der Waals surface area contributed by atoms with Crippen molar-refractivity contribution in [3.63, 3.8) is 0 Å². The van der Waals surface area contributed by atoms with Crippen LogP contribution < -0.4 is 0 Å². The lowest BCUT2D eigenvalue weighted by molar-refractivity contribution is -0.380. The third-order valence-electron chi connectivity index (χ3n) is 14.2. The van der Waals surface area contributed by atoms with Crippen molar-refractivity contribution >= 4 is 11.9 Å². The molecule has 25 heteroatoms. The van der Waals surface area contributed by atoms with Gasteiger partial charge in [-0.15, -0.1) is 0 Å². The first-order valence-corrected chi connectivity index (χ1v) is 25.7. The smallest absolute Gasteiger partial charge is 0.308 e. The minimum absolute atomic E-state index is 0.00108. The molecule has 12 N–H and O–H groups in total. The number of esters is 2.